The van der Waals surface area contributed by atoms with E-state index in [0.29, 0.717) is 6.42 Å². The number of aliphatic carboxylic acids is 1. The van der Waals surface area contributed by atoms with Gasteiger partial charge < -0.3 is 15.3 Å². The van der Waals surface area contributed by atoms with Crippen LogP contribution in [0.15, 0.2) is 11.6 Å². The quantitative estimate of drug-likeness (QED) is 0.455. The van der Waals surface area contributed by atoms with Gasteiger partial charge in [0.15, 0.2) is 0 Å². The lowest BCUT2D eigenvalue weighted by atomic mass is 10.0. The van der Waals surface area contributed by atoms with Crippen molar-refractivity contribution in [2.24, 2.45) is 0 Å². The number of aliphatic hydroxyl groups is 2. The van der Waals surface area contributed by atoms with Crippen LogP contribution in [0.25, 0.3) is 0 Å². The molecule has 1 rings (SSSR count). The third-order valence-corrected chi connectivity index (χ3v) is 2.91. The van der Waals surface area contributed by atoms with Gasteiger partial charge in [-0.3, -0.25) is 4.79 Å². The van der Waals surface area contributed by atoms with Crippen molar-refractivity contribution in [1.82, 2.24) is 0 Å². The van der Waals surface area contributed by atoms with Crippen molar-refractivity contribution in [1.29, 1.82) is 0 Å². The first kappa shape index (κ1) is 13.2. The van der Waals surface area contributed by atoms with Crippen molar-refractivity contribution in [3.63, 3.8) is 0 Å². The fraction of sp³-hybridized carbons (Fsp3) is 0.750. The molecule has 0 aromatic heterocycles. The largest absolute Gasteiger partial charge is 0.481 e. The Hall–Kier alpha value is -0.870. The van der Waals surface area contributed by atoms with E-state index in [1.54, 1.807) is 6.08 Å². The van der Waals surface area contributed by atoms with Gasteiger partial charge in [-0.25, -0.2) is 0 Å². The van der Waals surface area contributed by atoms with Crippen LogP contribution in [-0.2, 0) is 4.79 Å². The van der Waals surface area contributed by atoms with Gasteiger partial charge in [-0.1, -0.05) is 18.9 Å². The summed E-state index contributed by atoms with van der Waals surface area (Å²) in [6.45, 7) is 0. The molecule has 92 valence electrons. The number of carboxylic acid groups (broad SMARTS) is 1. The fourth-order valence-electron chi connectivity index (χ4n) is 2.02. The van der Waals surface area contributed by atoms with E-state index < -0.39 is 18.2 Å². The van der Waals surface area contributed by atoms with Gasteiger partial charge in [-0.15, -0.1) is 0 Å². The van der Waals surface area contributed by atoms with Crippen LogP contribution in [0.4, 0.5) is 0 Å². The molecule has 0 aromatic rings. The Morgan fingerprint density at radius 3 is 2.50 bits per heavy atom. The Morgan fingerprint density at radius 2 is 1.94 bits per heavy atom. The first-order chi connectivity index (χ1) is 7.59. The van der Waals surface area contributed by atoms with Crippen molar-refractivity contribution in [2.45, 2.75) is 57.2 Å². The van der Waals surface area contributed by atoms with Crippen LogP contribution < -0.4 is 0 Å². The van der Waals surface area contributed by atoms with Crippen LogP contribution in [0, 0.1) is 0 Å². The van der Waals surface area contributed by atoms with Crippen LogP contribution in [-0.4, -0.2) is 33.5 Å². The maximum absolute atomic E-state index is 10.3. The summed E-state index contributed by atoms with van der Waals surface area (Å²) in [4.78, 5) is 10.3. The van der Waals surface area contributed by atoms with Crippen LogP contribution >= 0.6 is 0 Å². The molecule has 0 radical (unpaired) electrons. The summed E-state index contributed by atoms with van der Waals surface area (Å²) in [5.41, 5.74) is 0.936. The Bertz CT molecular complexity index is 260. The van der Waals surface area contributed by atoms with Crippen molar-refractivity contribution >= 4 is 5.97 Å². The minimum atomic E-state index is -0.739. The molecule has 0 heterocycles. The van der Waals surface area contributed by atoms with Gasteiger partial charge >= 0.3 is 5.97 Å². The first-order valence-corrected chi connectivity index (χ1v) is 5.88. The number of hydrogen-bond acceptors (Lipinski definition) is 3. The number of aliphatic hydroxyl groups excluding tert-OH is 2. The van der Waals surface area contributed by atoms with E-state index in [1.807, 2.05) is 0 Å². The third kappa shape index (κ3) is 4.77. The van der Waals surface area contributed by atoms with Gasteiger partial charge in [0, 0.05) is 12.8 Å². The molecule has 16 heavy (non-hydrogen) atoms. The first-order valence-electron chi connectivity index (χ1n) is 5.88. The molecule has 0 aliphatic heterocycles. The molecule has 1 aliphatic carbocycles. The molecule has 4 nitrogen and oxygen atoms in total. The molecular formula is C12H20O4. The lowest BCUT2D eigenvalue weighted by molar-refractivity contribution is -0.137. The minimum Gasteiger partial charge on any atom is -0.481 e. The smallest absolute Gasteiger partial charge is 0.303 e. The van der Waals surface area contributed by atoms with Crippen LogP contribution in [0.2, 0.25) is 0 Å². The highest BCUT2D eigenvalue weighted by molar-refractivity contribution is 5.66. The van der Waals surface area contributed by atoms with Crippen molar-refractivity contribution < 1.29 is 20.1 Å². The monoisotopic (exact) mass is 228 g/mol. The second kappa shape index (κ2) is 6.66. The second-order valence-corrected chi connectivity index (χ2v) is 4.37. The third-order valence-electron chi connectivity index (χ3n) is 2.91. The normalized spacial score (nSPS) is 24.5. The molecule has 0 saturated heterocycles. The van der Waals surface area contributed by atoms with Crippen molar-refractivity contribution in [3.8, 4) is 0 Å². The average Bonchev–Trinajstić information content (AvgIpc) is 2.50. The summed E-state index contributed by atoms with van der Waals surface area (Å²) in [6.07, 6.45) is 5.82. The molecular weight excluding hydrogens is 208 g/mol. The zero-order chi connectivity index (χ0) is 12.0. The van der Waals surface area contributed by atoms with E-state index in [9.17, 15) is 15.0 Å². The Kier molecular flexibility index (Phi) is 5.49. The highest BCUT2D eigenvalue weighted by Gasteiger charge is 2.21. The fourth-order valence-corrected chi connectivity index (χ4v) is 2.02. The van der Waals surface area contributed by atoms with E-state index in [0.717, 1.165) is 37.7 Å². The van der Waals surface area contributed by atoms with Gasteiger partial charge in [-0.05, 0) is 24.8 Å². The van der Waals surface area contributed by atoms with Crippen LogP contribution in [0.5, 0.6) is 0 Å². The number of hydrogen-bond donors (Lipinski definition) is 3. The Morgan fingerprint density at radius 1 is 1.25 bits per heavy atom. The molecule has 4 heteroatoms. The molecule has 0 aromatic carbocycles. The summed E-state index contributed by atoms with van der Waals surface area (Å²) >= 11 is 0. The van der Waals surface area contributed by atoms with Crippen molar-refractivity contribution in [3.05, 3.63) is 11.6 Å². The minimum absolute atomic E-state index is 0.240. The predicted molar refractivity (Wildman–Crippen MR) is 60.1 cm³/mol. The lowest BCUT2D eigenvalue weighted by Crippen LogP contribution is -2.08. The van der Waals surface area contributed by atoms with Gasteiger partial charge in [0.25, 0.3) is 0 Å². The lowest BCUT2D eigenvalue weighted by Gasteiger charge is -2.07. The van der Waals surface area contributed by atoms with E-state index in [1.165, 1.54) is 0 Å². The van der Waals surface area contributed by atoms with E-state index in [-0.39, 0.29) is 6.42 Å². The Balaban J connectivity index is 2.03. The van der Waals surface area contributed by atoms with Gasteiger partial charge in [0.1, 0.15) is 0 Å². The maximum atomic E-state index is 10.3. The second-order valence-electron chi connectivity index (χ2n) is 4.37. The molecule has 0 saturated carbocycles. The summed E-state index contributed by atoms with van der Waals surface area (Å²) in [6, 6.07) is 0. The Labute approximate surface area is 95.6 Å². The highest BCUT2D eigenvalue weighted by atomic mass is 16.4. The number of unbranched alkanes of at least 4 members (excludes halogenated alkanes) is 3. The van der Waals surface area contributed by atoms with E-state index in [4.69, 9.17) is 5.11 Å². The van der Waals surface area contributed by atoms with Gasteiger partial charge in [0.2, 0.25) is 0 Å². The van der Waals surface area contributed by atoms with Gasteiger partial charge in [0.05, 0.1) is 12.2 Å². The van der Waals surface area contributed by atoms with Crippen LogP contribution in [0.1, 0.15) is 44.9 Å². The standard InChI is InChI=1S/C12H20O4/c13-10-7-9(11(14)8-10)5-3-1-2-4-6-12(15)16/h7,10-11,13-14H,1-6,8H2,(H,15,16). The average molecular weight is 228 g/mol. The van der Waals surface area contributed by atoms with Gasteiger partial charge in [-0.2, -0.15) is 0 Å². The maximum Gasteiger partial charge on any atom is 0.303 e. The molecule has 2 unspecified atom stereocenters. The highest BCUT2D eigenvalue weighted by Crippen LogP contribution is 2.24. The van der Waals surface area contributed by atoms with Crippen LogP contribution in [0.3, 0.4) is 0 Å². The summed E-state index contributed by atoms with van der Waals surface area (Å²) in [7, 11) is 0. The molecule has 0 spiro atoms. The van der Waals surface area contributed by atoms with E-state index >= 15 is 0 Å². The zero-order valence-corrected chi connectivity index (χ0v) is 9.43. The number of carboxylic acids is 1. The molecule has 0 fully saturated rings. The molecule has 1 aliphatic rings. The summed E-state index contributed by atoms with van der Waals surface area (Å²) in [5, 5.41) is 27.2. The molecule has 0 bridgehead atoms. The summed E-state index contributed by atoms with van der Waals surface area (Å²) in [5.74, 6) is -0.739. The zero-order valence-electron chi connectivity index (χ0n) is 9.43. The number of carbonyl (C=O) groups is 1. The predicted octanol–water partition coefficient (Wildman–Crippen LogP) is 1.46. The van der Waals surface area contributed by atoms with E-state index in [2.05, 4.69) is 0 Å². The number of rotatable bonds is 7. The SMILES string of the molecule is O=C(O)CCCCCCC1=CC(O)CC1O. The topological polar surface area (TPSA) is 77.8 Å². The summed E-state index contributed by atoms with van der Waals surface area (Å²) < 4.78 is 0. The molecule has 2 atom stereocenters. The van der Waals surface area contributed by atoms with Crippen molar-refractivity contribution in [2.75, 3.05) is 0 Å². The molecule has 3 N–H and O–H groups in total. The molecule has 0 amide bonds.